The summed E-state index contributed by atoms with van der Waals surface area (Å²) < 4.78 is 86.5. The maximum absolute atomic E-state index is 14.8. The van der Waals surface area contributed by atoms with Crippen LogP contribution in [0.25, 0.3) is 11.1 Å². The summed E-state index contributed by atoms with van der Waals surface area (Å²) in [5.74, 6) is -0.0632. The average molecular weight is 638 g/mol. The number of halogens is 4. The van der Waals surface area contributed by atoms with Crippen molar-refractivity contribution in [2.45, 2.75) is 68.5 Å². The number of carbonyl (C=O) groups is 1. The van der Waals surface area contributed by atoms with Crippen molar-refractivity contribution < 1.29 is 35.5 Å². The van der Waals surface area contributed by atoms with Gasteiger partial charge in [0.25, 0.3) is 0 Å². The normalized spacial score (nSPS) is 14.4. The van der Waals surface area contributed by atoms with Crippen molar-refractivity contribution in [1.29, 1.82) is 0 Å². The van der Waals surface area contributed by atoms with Crippen LogP contribution >= 0.6 is 0 Å². The molecule has 0 radical (unpaired) electrons. The van der Waals surface area contributed by atoms with Crippen LogP contribution in [-0.4, -0.2) is 58.2 Å². The number of amides is 1. The molecule has 0 aromatic heterocycles. The summed E-state index contributed by atoms with van der Waals surface area (Å²) in [5, 5.41) is 8.34. The van der Waals surface area contributed by atoms with Gasteiger partial charge in [0.2, 0.25) is 5.91 Å². The largest absolute Gasteiger partial charge is 0.497 e. The number of nitrogens with one attached hydrogen (secondary N) is 3. The number of alkyl halides is 4. The summed E-state index contributed by atoms with van der Waals surface area (Å²) in [7, 11) is -1.84. The van der Waals surface area contributed by atoms with Crippen molar-refractivity contribution in [1.82, 2.24) is 10.6 Å². The van der Waals surface area contributed by atoms with E-state index < -0.39 is 52.1 Å². The van der Waals surface area contributed by atoms with Gasteiger partial charge in [-0.15, -0.1) is 0 Å². The molecular weight excluding hydrogens is 598 g/mol. The Bertz CT molecular complexity index is 1470. The first-order chi connectivity index (χ1) is 20.5. The molecule has 0 saturated heterocycles. The predicted octanol–water partition coefficient (Wildman–Crippen LogP) is 6.47. The summed E-state index contributed by atoms with van der Waals surface area (Å²) in [6.45, 7) is 4.56. The summed E-state index contributed by atoms with van der Waals surface area (Å²) in [6, 6.07) is 14.5. The smallest absolute Gasteiger partial charge is 0.407 e. The van der Waals surface area contributed by atoms with Crippen LogP contribution in [0.1, 0.15) is 45.2 Å². The Morgan fingerprint density at radius 2 is 1.43 bits per heavy atom. The number of benzene rings is 3. The summed E-state index contributed by atoms with van der Waals surface area (Å²) in [6.07, 6.45) is -3.72. The molecule has 12 heteroatoms. The second-order valence-electron chi connectivity index (χ2n) is 11.3. The van der Waals surface area contributed by atoms with Gasteiger partial charge in [-0.1, -0.05) is 43.3 Å². The molecule has 3 aromatic rings. The molecule has 3 N–H and O–H groups in total. The summed E-state index contributed by atoms with van der Waals surface area (Å²) in [4.78, 5) is 13.4. The van der Waals surface area contributed by atoms with E-state index in [1.54, 1.807) is 43.5 Å². The maximum atomic E-state index is 14.8. The molecule has 1 amide bonds. The molecule has 0 fully saturated rings. The third-order valence-corrected chi connectivity index (χ3v) is 8.17. The van der Waals surface area contributed by atoms with Gasteiger partial charge in [-0.25, -0.2) is 12.8 Å². The van der Waals surface area contributed by atoms with Gasteiger partial charge in [0, 0.05) is 31.0 Å². The lowest BCUT2D eigenvalue weighted by Gasteiger charge is -2.31. The van der Waals surface area contributed by atoms with Crippen LogP contribution in [0.5, 0.6) is 5.75 Å². The van der Waals surface area contributed by atoms with Crippen molar-refractivity contribution in [2.75, 3.05) is 25.2 Å². The van der Waals surface area contributed by atoms with E-state index in [0.29, 0.717) is 29.8 Å². The van der Waals surface area contributed by atoms with Crippen LogP contribution in [0.15, 0.2) is 77.7 Å². The van der Waals surface area contributed by atoms with E-state index in [0.717, 1.165) is 11.9 Å². The van der Waals surface area contributed by atoms with Gasteiger partial charge in [0.05, 0.1) is 18.0 Å². The quantitative estimate of drug-likeness (QED) is 0.175. The van der Waals surface area contributed by atoms with Gasteiger partial charge < -0.3 is 15.4 Å². The molecule has 0 aliphatic rings. The van der Waals surface area contributed by atoms with E-state index in [-0.39, 0.29) is 10.5 Å². The Labute approximate surface area is 256 Å². The molecule has 3 atom stereocenters. The number of hydrogen-bond donors (Lipinski definition) is 3. The second kappa shape index (κ2) is 14.4. The average Bonchev–Trinajstić information content (AvgIpc) is 2.96. The van der Waals surface area contributed by atoms with Crippen LogP contribution in [0, 0.1) is 0 Å². The first-order valence-electron chi connectivity index (χ1n) is 14.1. The highest BCUT2D eigenvalue weighted by Crippen LogP contribution is 2.35. The highest BCUT2D eigenvalue weighted by Gasteiger charge is 2.44. The zero-order valence-electron chi connectivity index (χ0n) is 25.3. The molecule has 0 bridgehead atoms. The van der Waals surface area contributed by atoms with Crippen LogP contribution in [-0.2, 0) is 14.6 Å². The maximum Gasteiger partial charge on any atom is 0.407 e. The first kappa shape index (κ1) is 34.8. The van der Waals surface area contributed by atoms with Crippen LogP contribution < -0.4 is 20.7 Å². The molecule has 1 unspecified atom stereocenters. The number of rotatable bonds is 14. The number of anilines is 1. The Morgan fingerprint density at radius 1 is 0.886 bits per heavy atom. The third-order valence-electron chi connectivity index (χ3n) is 7.04. The molecule has 0 spiro atoms. The van der Waals surface area contributed by atoms with Crippen LogP contribution in [0.3, 0.4) is 0 Å². The number of carbonyl (C=O) groups excluding carboxylic acids is 1. The molecule has 3 rings (SSSR count). The van der Waals surface area contributed by atoms with Gasteiger partial charge in [-0.05, 0) is 73.4 Å². The van der Waals surface area contributed by atoms with Gasteiger partial charge in [0.15, 0.2) is 9.84 Å². The fraction of sp³-hybridized carbons (Fsp3) is 0.406. The standard InChI is InChI=1S/C32H39F4N3O4S/c1-6-24(20-37-25-13-15-26(43-4)16-14-25)38-30(40)28(19-31(2,3)33)39-29(32(34,35)36)23-9-7-21(8-10-23)22-11-17-27(18-12-22)44(5,41)42/h7-18,24,28-29,37,39H,6,19-20H2,1-5H3,(H,38,40)/t24-,28?,29-/m0/s1. The monoisotopic (exact) mass is 637 g/mol. The molecule has 0 saturated carbocycles. The fourth-order valence-corrected chi connectivity index (χ4v) is 5.24. The Hall–Kier alpha value is -3.64. The summed E-state index contributed by atoms with van der Waals surface area (Å²) >= 11 is 0. The molecule has 3 aromatic carbocycles. The fourth-order valence-electron chi connectivity index (χ4n) is 4.61. The van der Waals surface area contributed by atoms with Gasteiger partial charge in [-0.2, -0.15) is 13.2 Å². The topological polar surface area (TPSA) is 96.5 Å². The van der Waals surface area contributed by atoms with Crippen LogP contribution in [0.4, 0.5) is 23.2 Å². The molecular formula is C32H39F4N3O4S. The van der Waals surface area contributed by atoms with E-state index in [9.17, 15) is 30.8 Å². The molecule has 0 aliphatic heterocycles. The van der Waals surface area contributed by atoms with E-state index in [2.05, 4.69) is 16.0 Å². The van der Waals surface area contributed by atoms with Crippen molar-refractivity contribution in [2.24, 2.45) is 0 Å². The number of sulfone groups is 1. The van der Waals surface area contributed by atoms with E-state index in [4.69, 9.17) is 4.74 Å². The number of hydrogen-bond acceptors (Lipinski definition) is 6. The highest BCUT2D eigenvalue weighted by atomic mass is 32.2. The highest BCUT2D eigenvalue weighted by molar-refractivity contribution is 7.90. The van der Waals surface area contributed by atoms with Crippen molar-refractivity contribution >= 4 is 21.4 Å². The molecule has 240 valence electrons. The Morgan fingerprint density at radius 3 is 1.89 bits per heavy atom. The lowest BCUT2D eigenvalue weighted by molar-refractivity contribution is -0.161. The second-order valence-corrected chi connectivity index (χ2v) is 13.3. The minimum atomic E-state index is -4.79. The van der Waals surface area contributed by atoms with Crippen LogP contribution in [0.2, 0.25) is 0 Å². The zero-order valence-corrected chi connectivity index (χ0v) is 26.2. The van der Waals surface area contributed by atoms with Crippen molar-refractivity contribution in [3.05, 3.63) is 78.4 Å². The Balaban J connectivity index is 1.79. The lowest BCUT2D eigenvalue weighted by Crippen LogP contribution is -2.53. The molecule has 0 heterocycles. The summed E-state index contributed by atoms with van der Waals surface area (Å²) in [5.41, 5.74) is -0.132. The van der Waals surface area contributed by atoms with Crippen molar-refractivity contribution in [3.8, 4) is 16.9 Å². The SMILES string of the molecule is CC[C@@H](CNc1ccc(OC)cc1)NC(=O)C(CC(C)(C)F)N[C@@H](c1ccc(-c2ccc(S(C)(=O)=O)cc2)cc1)C(F)(F)F. The first-order valence-corrected chi connectivity index (χ1v) is 16.0. The van der Waals surface area contributed by atoms with Gasteiger partial charge >= 0.3 is 6.18 Å². The van der Waals surface area contributed by atoms with E-state index in [1.165, 1.54) is 50.2 Å². The Kier molecular flexibility index (Phi) is 11.4. The predicted molar refractivity (Wildman–Crippen MR) is 164 cm³/mol. The molecule has 7 nitrogen and oxygen atoms in total. The minimum Gasteiger partial charge on any atom is -0.497 e. The molecule has 44 heavy (non-hydrogen) atoms. The zero-order chi connectivity index (χ0) is 32.7. The lowest BCUT2D eigenvalue weighted by atomic mass is 9.96. The number of ether oxygens (including phenoxy) is 1. The number of methoxy groups -OCH3 is 1. The van der Waals surface area contributed by atoms with Crippen molar-refractivity contribution in [3.63, 3.8) is 0 Å². The van der Waals surface area contributed by atoms with E-state index >= 15 is 0 Å². The molecule has 0 aliphatic carbocycles. The van der Waals surface area contributed by atoms with Gasteiger partial charge in [0.1, 0.15) is 17.5 Å². The van der Waals surface area contributed by atoms with E-state index in [1.807, 2.05) is 6.92 Å². The van der Waals surface area contributed by atoms with Gasteiger partial charge in [-0.3, -0.25) is 10.1 Å². The minimum absolute atomic E-state index is 0.126. The third kappa shape index (κ3) is 10.2.